The van der Waals surface area contributed by atoms with Gasteiger partial charge in [0.2, 0.25) is 0 Å². The molecule has 0 atom stereocenters. The first-order chi connectivity index (χ1) is 14.9. The minimum atomic E-state index is -0.494. The Morgan fingerprint density at radius 3 is 2.52 bits per heavy atom. The summed E-state index contributed by atoms with van der Waals surface area (Å²) in [6, 6.07) is 14.3. The van der Waals surface area contributed by atoms with Crippen molar-refractivity contribution in [2.24, 2.45) is 0 Å². The first-order valence-electron chi connectivity index (χ1n) is 9.66. The number of nitrogens with zero attached hydrogens (tertiary/aromatic N) is 2. The molecule has 2 aromatic carbocycles. The van der Waals surface area contributed by atoms with Crippen LogP contribution in [0.4, 0.5) is 0 Å². The molecule has 0 fully saturated rings. The molecule has 1 aromatic heterocycles. The van der Waals surface area contributed by atoms with Crippen molar-refractivity contribution in [3.05, 3.63) is 82.7 Å². The largest absolute Gasteiger partial charge is 0.493 e. The van der Waals surface area contributed by atoms with Gasteiger partial charge in [0.05, 0.1) is 32.0 Å². The summed E-state index contributed by atoms with van der Waals surface area (Å²) in [7, 11) is 2.79. The van der Waals surface area contributed by atoms with E-state index in [0.29, 0.717) is 23.4 Å². The molecule has 0 aliphatic carbocycles. The Kier molecular flexibility index (Phi) is 6.87. The lowest BCUT2D eigenvalue weighted by molar-refractivity contribution is -0.134. The van der Waals surface area contributed by atoms with E-state index in [1.54, 1.807) is 36.4 Å². The van der Waals surface area contributed by atoms with E-state index in [9.17, 15) is 9.59 Å². The predicted molar refractivity (Wildman–Crippen MR) is 116 cm³/mol. The van der Waals surface area contributed by atoms with E-state index >= 15 is 0 Å². The highest BCUT2D eigenvalue weighted by Gasteiger charge is 2.14. The SMILES string of the molecule is COC(=O)/C=C/c1ccc(OC(=O)c2cccc(Cn3nc(C)cc3C)c2)c(OC)c1. The van der Waals surface area contributed by atoms with Crippen LogP contribution >= 0.6 is 0 Å². The highest BCUT2D eigenvalue weighted by atomic mass is 16.6. The van der Waals surface area contributed by atoms with E-state index in [1.807, 2.05) is 36.7 Å². The molecule has 0 aliphatic heterocycles. The smallest absolute Gasteiger partial charge is 0.343 e. The Bertz CT molecular complexity index is 1130. The summed E-state index contributed by atoms with van der Waals surface area (Å²) in [4.78, 5) is 24.0. The van der Waals surface area contributed by atoms with Crippen LogP contribution in [0.25, 0.3) is 6.08 Å². The van der Waals surface area contributed by atoms with Gasteiger partial charge in [-0.3, -0.25) is 4.68 Å². The van der Waals surface area contributed by atoms with Crippen LogP contribution in [0.2, 0.25) is 0 Å². The van der Waals surface area contributed by atoms with Crippen LogP contribution in [0.5, 0.6) is 11.5 Å². The lowest BCUT2D eigenvalue weighted by Gasteiger charge is -2.11. The fourth-order valence-electron chi connectivity index (χ4n) is 3.07. The monoisotopic (exact) mass is 420 g/mol. The van der Waals surface area contributed by atoms with Crippen LogP contribution in [-0.2, 0) is 16.1 Å². The summed E-state index contributed by atoms with van der Waals surface area (Å²) in [5.41, 5.74) is 4.07. The molecule has 3 aromatic rings. The van der Waals surface area contributed by atoms with E-state index in [2.05, 4.69) is 9.84 Å². The Labute approximate surface area is 180 Å². The Hall–Kier alpha value is -3.87. The van der Waals surface area contributed by atoms with Crippen LogP contribution in [0.1, 0.15) is 32.9 Å². The second-order valence-corrected chi connectivity index (χ2v) is 6.94. The fraction of sp³-hybridized carbons (Fsp3) is 0.208. The molecule has 7 nitrogen and oxygen atoms in total. The molecule has 0 unspecified atom stereocenters. The van der Waals surface area contributed by atoms with Crippen molar-refractivity contribution >= 4 is 18.0 Å². The molecule has 0 saturated carbocycles. The van der Waals surface area contributed by atoms with E-state index in [0.717, 1.165) is 17.0 Å². The molecule has 160 valence electrons. The van der Waals surface area contributed by atoms with E-state index in [-0.39, 0.29) is 5.75 Å². The number of esters is 2. The van der Waals surface area contributed by atoms with E-state index in [1.165, 1.54) is 20.3 Å². The minimum absolute atomic E-state index is 0.284. The molecule has 31 heavy (non-hydrogen) atoms. The van der Waals surface area contributed by atoms with Crippen LogP contribution in [0, 0.1) is 13.8 Å². The van der Waals surface area contributed by atoms with Gasteiger partial charge in [0.15, 0.2) is 11.5 Å². The summed E-state index contributed by atoms with van der Waals surface area (Å²) in [6.45, 7) is 4.50. The third kappa shape index (κ3) is 5.60. The van der Waals surface area contributed by atoms with Gasteiger partial charge < -0.3 is 14.2 Å². The number of benzene rings is 2. The first kappa shape index (κ1) is 21.8. The number of methoxy groups -OCH3 is 2. The number of carbonyl (C=O) groups is 2. The number of aromatic nitrogens is 2. The van der Waals surface area contributed by atoms with Crippen LogP contribution in [-0.4, -0.2) is 35.9 Å². The van der Waals surface area contributed by atoms with Crippen molar-refractivity contribution in [2.75, 3.05) is 14.2 Å². The van der Waals surface area contributed by atoms with Crippen molar-refractivity contribution in [3.63, 3.8) is 0 Å². The molecule has 0 amide bonds. The average Bonchev–Trinajstić information content (AvgIpc) is 3.09. The predicted octanol–water partition coefficient (Wildman–Crippen LogP) is 3.96. The molecule has 0 radical (unpaired) electrons. The number of carbonyl (C=O) groups excluding carboxylic acids is 2. The molecule has 3 rings (SSSR count). The quantitative estimate of drug-likeness (QED) is 0.327. The molecular formula is C24H24N2O5. The van der Waals surface area contributed by atoms with Gasteiger partial charge in [-0.2, -0.15) is 5.10 Å². The van der Waals surface area contributed by atoms with Gasteiger partial charge >= 0.3 is 11.9 Å². The molecule has 1 heterocycles. The Morgan fingerprint density at radius 1 is 1.03 bits per heavy atom. The molecule has 0 spiro atoms. The van der Waals surface area contributed by atoms with Crippen LogP contribution < -0.4 is 9.47 Å². The number of rotatable bonds is 7. The number of hydrogen-bond donors (Lipinski definition) is 0. The van der Waals surface area contributed by atoms with Crippen molar-refractivity contribution in [1.82, 2.24) is 9.78 Å². The summed E-state index contributed by atoms with van der Waals surface area (Å²) in [5.74, 6) is -0.299. The van der Waals surface area contributed by atoms with Crippen molar-refractivity contribution in [3.8, 4) is 11.5 Å². The highest BCUT2D eigenvalue weighted by Crippen LogP contribution is 2.29. The zero-order chi connectivity index (χ0) is 22.4. The second-order valence-electron chi connectivity index (χ2n) is 6.94. The van der Waals surface area contributed by atoms with Crippen LogP contribution in [0.15, 0.2) is 54.6 Å². The molecular weight excluding hydrogens is 396 g/mol. The van der Waals surface area contributed by atoms with Gasteiger partial charge in [-0.05, 0) is 61.4 Å². The number of hydrogen-bond acceptors (Lipinski definition) is 6. The van der Waals surface area contributed by atoms with Gasteiger partial charge in [-0.1, -0.05) is 18.2 Å². The summed E-state index contributed by atoms with van der Waals surface area (Å²) in [6.07, 6.45) is 2.89. The summed E-state index contributed by atoms with van der Waals surface area (Å²) in [5, 5.41) is 4.46. The molecule has 0 aliphatic rings. The number of ether oxygens (including phenoxy) is 3. The summed E-state index contributed by atoms with van der Waals surface area (Å²) < 4.78 is 17.4. The molecule has 0 N–H and O–H groups in total. The standard InChI is InChI=1S/C24H24N2O5/c1-16-12-17(2)26(25-16)15-19-6-5-7-20(13-19)24(28)31-21-10-8-18(14-22(21)29-3)9-11-23(27)30-4/h5-14H,15H2,1-4H3/b11-9+. The van der Waals surface area contributed by atoms with Gasteiger partial charge in [-0.15, -0.1) is 0 Å². The number of aryl methyl sites for hydroxylation is 2. The third-order valence-corrected chi connectivity index (χ3v) is 4.60. The second kappa shape index (κ2) is 9.75. The maximum atomic E-state index is 12.7. The third-order valence-electron chi connectivity index (χ3n) is 4.60. The molecule has 0 saturated heterocycles. The van der Waals surface area contributed by atoms with Crippen molar-refractivity contribution in [2.45, 2.75) is 20.4 Å². The average molecular weight is 420 g/mol. The zero-order valence-corrected chi connectivity index (χ0v) is 17.9. The highest BCUT2D eigenvalue weighted by molar-refractivity contribution is 5.91. The van der Waals surface area contributed by atoms with Gasteiger partial charge in [0.1, 0.15) is 0 Å². The Balaban J connectivity index is 1.76. The molecule has 7 heteroatoms. The van der Waals surface area contributed by atoms with Gasteiger partial charge in [-0.25, -0.2) is 9.59 Å². The van der Waals surface area contributed by atoms with Crippen LogP contribution in [0.3, 0.4) is 0 Å². The van der Waals surface area contributed by atoms with Crippen molar-refractivity contribution < 1.29 is 23.8 Å². The maximum Gasteiger partial charge on any atom is 0.343 e. The fourth-order valence-corrected chi connectivity index (χ4v) is 3.07. The topological polar surface area (TPSA) is 79.7 Å². The summed E-state index contributed by atoms with van der Waals surface area (Å²) >= 11 is 0. The molecule has 0 bridgehead atoms. The van der Waals surface area contributed by atoms with Crippen molar-refractivity contribution in [1.29, 1.82) is 0 Å². The minimum Gasteiger partial charge on any atom is -0.493 e. The Morgan fingerprint density at radius 2 is 1.84 bits per heavy atom. The lowest BCUT2D eigenvalue weighted by atomic mass is 10.1. The van der Waals surface area contributed by atoms with Gasteiger partial charge in [0.25, 0.3) is 0 Å². The maximum absolute atomic E-state index is 12.7. The van der Waals surface area contributed by atoms with E-state index < -0.39 is 11.9 Å². The van der Waals surface area contributed by atoms with E-state index in [4.69, 9.17) is 9.47 Å². The lowest BCUT2D eigenvalue weighted by Crippen LogP contribution is -2.11. The van der Waals surface area contributed by atoms with Gasteiger partial charge in [0, 0.05) is 11.8 Å². The zero-order valence-electron chi connectivity index (χ0n) is 17.9. The first-order valence-corrected chi connectivity index (χ1v) is 9.66. The normalized spacial score (nSPS) is 10.8.